The summed E-state index contributed by atoms with van der Waals surface area (Å²) >= 11 is 2.15. The standard InChI is InChI=1S/C8H10O3S.CH3I/c1-7-3-5-8(6-4-7)12(9,10)11-2;1-2/h3-6H,1-2H3;1H3. The Morgan fingerprint density at radius 1 is 1.14 bits per heavy atom. The van der Waals surface area contributed by atoms with Gasteiger partial charge in [0.25, 0.3) is 10.1 Å². The van der Waals surface area contributed by atoms with Gasteiger partial charge in [-0.2, -0.15) is 8.42 Å². The van der Waals surface area contributed by atoms with Gasteiger partial charge in [0.2, 0.25) is 0 Å². The fraction of sp³-hybridized carbons (Fsp3) is 0.333. The first kappa shape index (κ1) is 13.9. The van der Waals surface area contributed by atoms with Crippen LogP contribution in [0.5, 0.6) is 0 Å². The molecule has 0 N–H and O–H groups in total. The molecule has 0 fully saturated rings. The van der Waals surface area contributed by atoms with E-state index in [9.17, 15) is 8.42 Å². The van der Waals surface area contributed by atoms with E-state index in [0.717, 1.165) is 12.7 Å². The van der Waals surface area contributed by atoms with E-state index >= 15 is 0 Å². The molecular weight excluding hydrogens is 315 g/mol. The number of benzene rings is 1. The van der Waals surface area contributed by atoms with Crippen LogP contribution in [-0.2, 0) is 14.3 Å². The normalized spacial score (nSPS) is 10.3. The highest BCUT2D eigenvalue weighted by molar-refractivity contribution is 14.1. The summed E-state index contributed by atoms with van der Waals surface area (Å²) in [6.45, 7) is 1.89. The number of rotatable bonds is 2. The van der Waals surface area contributed by atoms with Crippen LogP contribution >= 0.6 is 22.6 Å². The summed E-state index contributed by atoms with van der Waals surface area (Å²) in [5.41, 5.74) is 1.02. The molecular formula is C9H13IO3S. The monoisotopic (exact) mass is 328 g/mol. The van der Waals surface area contributed by atoms with E-state index in [0.29, 0.717) is 0 Å². The predicted molar refractivity (Wildman–Crippen MR) is 65.3 cm³/mol. The van der Waals surface area contributed by atoms with E-state index < -0.39 is 10.1 Å². The van der Waals surface area contributed by atoms with Gasteiger partial charge in [0.1, 0.15) is 0 Å². The largest absolute Gasteiger partial charge is 0.296 e. The molecule has 0 spiro atoms. The zero-order valence-corrected chi connectivity index (χ0v) is 11.3. The Hall–Kier alpha value is -0.140. The van der Waals surface area contributed by atoms with Crippen LogP contribution in [0.3, 0.4) is 0 Å². The van der Waals surface area contributed by atoms with Crippen molar-refractivity contribution in [1.82, 2.24) is 0 Å². The van der Waals surface area contributed by atoms with E-state index in [1.54, 1.807) is 12.1 Å². The molecule has 0 radical (unpaired) electrons. The summed E-state index contributed by atoms with van der Waals surface area (Å²) in [4.78, 5) is 2.16. The lowest BCUT2D eigenvalue weighted by Crippen LogP contribution is -2.02. The molecule has 14 heavy (non-hydrogen) atoms. The van der Waals surface area contributed by atoms with E-state index in [1.807, 2.05) is 11.9 Å². The third kappa shape index (κ3) is 3.93. The van der Waals surface area contributed by atoms with E-state index in [4.69, 9.17) is 0 Å². The summed E-state index contributed by atoms with van der Waals surface area (Å²) in [6.07, 6.45) is 0. The lowest BCUT2D eigenvalue weighted by molar-refractivity contribution is 0.398. The molecule has 0 aliphatic heterocycles. The molecule has 0 unspecified atom stereocenters. The SMILES string of the molecule is CI.COS(=O)(=O)c1ccc(C)cc1. The van der Waals surface area contributed by atoms with Crippen LogP contribution in [-0.4, -0.2) is 20.5 Å². The smallest absolute Gasteiger partial charge is 0.270 e. The zero-order chi connectivity index (χ0) is 11.2. The average molecular weight is 328 g/mol. The number of halogens is 1. The summed E-state index contributed by atoms with van der Waals surface area (Å²) in [5.74, 6) is 0. The van der Waals surface area contributed by atoms with Crippen LogP contribution in [0.4, 0.5) is 0 Å². The van der Waals surface area contributed by atoms with Crippen molar-refractivity contribution >= 4 is 32.7 Å². The molecule has 0 aliphatic rings. The van der Waals surface area contributed by atoms with Crippen molar-refractivity contribution in [3.8, 4) is 0 Å². The predicted octanol–water partition coefficient (Wildman–Crippen LogP) is 2.38. The van der Waals surface area contributed by atoms with E-state index in [-0.39, 0.29) is 4.90 Å². The molecule has 3 nitrogen and oxygen atoms in total. The summed E-state index contributed by atoms with van der Waals surface area (Å²) in [6, 6.07) is 6.50. The molecule has 0 saturated carbocycles. The van der Waals surface area contributed by atoms with Crippen molar-refractivity contribution in [2.24, 2.45) is 0 Å². The second-order valence-corrected chi connectivity index (χ2v) is 4.15. The second-order valence-electron chi connectivity index (χ2n) is 2.43. The minimum atomic E-state index is -3.51. The van der Waals surface area contributed by atoms with E-state index in [1.165, 1.54) is 12.1 Å². The highest BCUT2D eigenvalue weighted by Crippen LogP contribution is 2.11. The van der Waals surface area contributed by atoms with Crippen molar-refractivity contribution in [2.45, 2.75) is 11.8 Å². The average Bonchev–Trinajstić information content (AvgIpc) is 2.21. The van der Waals surface area contributed by atoms with Crippen molar-refractivity contribution in [2.75, 3.05) is 12.0 Å². The summed E-state index contributed by atoms with van der Waals surface area (Å²) in [5, 5.41) is 0. The van der Waals surface area contributed by atoms with Gasteiger partial charge in [-0.05, 0) is 24.0 Å². The highest BCUT2D eigenvalue weighted by Gasteiger charge is 2.10. The van der Waals surface area contributed by atoms with Crippen LogP contribution in [0.25, 0.3) is 0 Å². The molecule has 0 atom stereocenters. The fourth-order valence-corrected chi connectivity index (χ4v) is 1.46. The second kappa shape index (κ2) is 6.36. The van der Waals surface area contributed by atoms with Crippen LogP contribution < -0.4 is 0 Å². The van der Waals surface area contributed by atoms with Crippen molar-refractivity contribution in [1.29, 1.82) is 0 Å². The molecule has 0 heterocycles. The Morgan fingerprint density at radius 3 is 1.93 bits per heavy atom. The maximum absolute atomic E-state index is 11.1. The number of aryl methyl sites for hydroxylation is 1. The topological polar surface area (TPSA) is 43.4 Å². The van der Waals surface area contributed by atoms with E-state index in [2.05, 4.69) is 26.8 Å². The molecule has 0 bridgehead atoms. The van der Waals surface area contributed by atoms with Gasteiger partial charge >= 0.3 is 0 Å². The van der Waals surface area contributed by atoms with Crippen molar-refractivity contribution in [3.05, 3.63) is 29.8 Å². The van der Waals surface area contributed by atoms with Crippen LogP contribution in [0.2, 0.25) is 0 Å². The molecule has 1 aromatic carbocycles. The number of hydrogen-bond acceptors (Lipinski definition) is 3. The fourth-order valence-electron chi connectivity index (χ4n) is 0.801. The zero-order valence-electron chi connectivity index (χ0n) is 8.32. The van der Waals surface area contributed by atoms with Crippen molar-refractivity contribution in [3.63, 3.8) is 0 Å². The molecule has 0 aliphatic carbocycles. The summed E-state index contributed by atoms with van der Waals surface area (Å²) < 4.78 is 26.5. The van der Waals surface area contributed by atoms with Gasteiger partial charge in [-0.25, -0.2) is 0 Å². The first-order valence-corrected chi connectivity index (χ1v) is 7.38. The molecule has 1 aromatic rings. The van der Waals surface area contributed by atoms with Gasteiger partial charge < -0.3 is 0 Å². The number of alkyl halides is 1. The molecule has 0 amide bonds. The molecule has 0 aromatic heterocycles. The quantitative estimate of drug-likeness (QED) is 0.476. The third-order valence-corrected chi connectivity index (χ3v) is 2.82. The van der Waals surface area contributed by atoms with Crippen molar-refractivity contribution < 1.29 is 12.6 Å². The first-order chi connectivity index (χ1) is 6.56. The molecule has 80 valence electrons. The highest BCUT2D eigenvalue weighted by atomic mass is 127. The molecule has 5 heteroatoms. The Labute approximate surface area is 98.7 Å². The van der Waals surface area contributed by atoms with Gasteiger partial charge in [-0.1, -0.05) is 40.3 Å². The molecule has 0 saturated heterocycles. The van der Waals surface area contributed by atoms with Gasteiger partial charge in [0.15, 0.2) is 0 Å². The first-order valence-electron chi connectivity index (χ1n) is 3.81. The minimum absolute atomic E-state index is 0.190. The Balaban J connectivity index is 0.000000791. The Kier molecular flexibility index (Phi) is 6.30. The van der Waals surface area contributed by atoms with Crippen LogP contribution in [0.15, 0.2) is 29.2 Å². The van der Waals surface area contributed by atoms with Gasteiger partial charge in [0, 0.05) is 0 Å². The van der Waals surface area contributed by atoms with Gasteiger partial charge in [0.05, 0.1) is 12.0 Å². The van der Waals surface area contributed by atoms with Crippen LogP contribution in [0, 0.1) is 6.92 Å². The Bertz CT molecular complexity index is 356. The Morgan fingerprint density at radius 2 is 1.57 bits per heavy atom. The number of hydrogen-bond donors (Lipinski definition) is 0. The maximum Gasteiger partial charge on any atom is 0.296 e. The summed E-state index contributed by atoms with van der Waals surface area (Å²) in [7, 11) is -2.37. The maximum atomic E-state index is 11.1. The lowest BCUT2D eigenvalue weighted by Gasteiger charge is -2.00. The third-order valence-electron chi connectivity index (χ3n) is 1.53. The minimum Gasteiger partial charge on any atom is -0.270 e. The van der Waals surface area contributed by atoms with Crippen LogP contribution in [0.1, 0.15) is 5.56 Å². The molecule has 1 rings (SSSR count). The van der Waals surface area contributed by atoms with Gasteiger partial charge in [-0.15, -0.1) is 0 Å². The van der Waals surface area contributed by atoms with Gasteiger partial charge in [-0.3, -0.25) is 4.18 Å². The lowest BCUT2D eigenvalue weighted by atomic mass is 10.2.